The van der Waals surface area contributed by atoms with Crippen molar-refractivity contribution in [2.75, 3.05) is 24.8 Å². The molecular weight excluding hydrogens is 378 g/mol. The Morgan fingerprint density at radius 2 is 1.89 bits per heavy atom. The molecule has 2 aromatic rings. The molecule has 0 bridgehead atoms. The number of ether oxygens (including phenoxy) is 1. The van der Waals surface area contributed by atoms with Crippen LogP contribution in [0.1, 0.15) is 51.0 Å². The highest BCUT2D eigenvalue weighted by Crippen LogP contribution is 2.37. The average Bonchev–Trinajstić information content (AvgIpc) is 3.06. The number of carbonyl (C=O) groups excluding carboxylic acids is 1. The van der Waals surface area contributed by atoms with Crippen LogP contribution < -0.4 is 4.90 Å². The first kappa shape index (κ1) is 19.4. The number of piperidine rings is 1. The van der Waals surface area contributed by atoms with Crippen LogP contribution in [0.15, 0.2) is 23.1 Å². The number of benzene rings is 1. The van der Waals surface area contributed by atoms with Gasteiger partial charge in [0.05, 0.1) is 22.0 Å². The number of rotatable bonds is 4. The normalized spacial score (nSPS) is 24.1. The van der Waals surface area contributed by atoms with E-state index >= 15 is 0 Å². The molecule has 2 fully saturated rings. The molecule has 1 aliphatic heterocycles. The van der Waals surface area contributed by atoms with E-state index in [9.17, 15) is 13.2 Å². The average molecular weight is 406 g/mol. The molecule has 8 heteroatoms. The Bertz CT molecular complexity index is 990. The molecule has 7 nitrogen and oxygen atoms in total. The second kappa shape index (κ2) is 7.48. The molecule has 1 aromatic heterocycles. The molecule has 1 amide bonds. The van der Waals surface area contributed by atoms with Crippen LogP contribution in [-0.4, -0.2) is 49.9 Å². The van der Waals surface area contributed by atoms with Gasteiger partial charge in [0, 0.05) is 32.4 Å². The highest BCUT2D eigenvalue weighted by molar-refractivity contribution is 7.90. The molecule has 2 aliphatic rings. The first-order valence-corrected chi connectivity index (χ1v) is 11.8. The van der Waals surface area contributed by atoms with E-state index in [1.54, 1.807) is 24.1 Å². The van der Waals surface area contributed by atoms with Crippen molar-refractivity contribution in [3.05, 3.63) is 18.2 Å². The third-order valence-corrected chi connectivity index (χ3v) is 7.09. The quantitative estimate of drug-likeness (QED) is 0.781. The summed E-state index contributed by atoms with van der Waals surface area (Å²) < 4.78 is 31.6. The summed E-state index contributed by atoms with van der Waals surface area (Å²) in [6, 6.07) is 5.32. The van der Waals surface area contributed by atoms with Crippen LogP contribution in [0, 0.1) is 0 Å². The predicted molar refractivity (Wildman–Crippen MR) is 107 cm³/mol. The number of hydrogen-bond donors (Lipinski definition) is 0. The summed E-state index contributed by atoms with van der Waals surface area (Å²) in [5.74, 6) is 0.753. The van der Waals surface area contributed by atoms with Gasteiger partial charge in [0.15, 0.2) is 9.84 Å². The maximum Gasteiger partial charge on any atom is 0.229 e. The van der Waals surface area contributed by atoms with Crippen LogP contribution in [0.3, 0.4) is 0 Å². The maximum atomic E-state index is 12.6. The molecule has 28 heavy (non-hydrogen) atoms. The number of sulfone groups is 1. The summed E-state index contributed by atoms with van der Waals surface area (Å²) in [6.45, 7) is 0.661. The van der Waals surface area contributed by atoms with Crippen molar-refractivity contribution in [2.45, 2.75) is 62.0 Å². The van der Waals surface area contributed by atoms with Crippen molar-refractivity contribution < 1.29 is 17.9 Å². The van der Waals surface area contributed by atoms with Crippen molar-refractivity contribution in [2.24, 2.45) is 0 Å². The van der Waals surface area contributed by atoms with Gasteiger partial charge < -0.3 is 9.30 Å². The lowest BCUT2D eigenvalue weighted by atomic mass is 9.92. The van der Waals surface area contributed by atoms with Crippen molar-refractivity contribution >= 4 is 32.7 Å². The lowest BCUT2D eigenvalue weighted by molar-refractivity contribution is -0.119. The lowest BCUT2D eigenvalue weighted by Crippen LogP contribution is -2.38. The molecule has 4 rings (SSSR count). The molecule has 1 saturated heterocycles. The Hall–Kier alpha value is -1.93. The van der Waals surface area contributed by atoms with Gasteiger partial charge in [-0.3, -0.25) is 9.69 Å². The van der Waals surface area contributed by atoms with Gasteiger partial charge in [-0.25, -0.2) is 13.4 Å². The van der Waals surface area contributed by atoms with E-state index in [1.807, 2.05) is 6.07 Å². The summed E-state index contributed by atoms with van der Waals surface area (Å²) in [7, 11) is -1.56. The van der Waals surface area contributed by atoms with Gasteiger partial charge in [0.1, 0.15) is 0 Å². The monoisotopic (exact) mass is 405 g/mol. The SMILES string of the molecule is COC1CCC(n2c(N3CCCCC3=O)nc3cc(S(C)(=O)=O)ccc32)CC1. The summed E-state index contributed by atoms with van der Waals surface area (Å²) in [5, 5.41) is 0. The highest BCUT2D eigenvalue weighted by Gasteiger charge is 2.31. The molecule has 2 heterocycles. The minimum atomic E-state index is -3.32. The van der Waals surface area contributed by atoms with E-state index in [2.05, 4.69) is 4.57 Å². The third-order valence-electron chi connectivity index (χ3n) is 5.98. The van der Waals surface area contributed by atoms with Crippen LogP contribution in [0.25, 0.3) is 11.0 Å². The van der Waals surface area contributed by atoms with Gasteiger partial charge in [-0.15, -0.1) is 0 Å². The fraction of sp³-hybridized carbons (Fsp3) is 0.600. The zero-order valence-corrected chi connectivity index (χ0v) is 17.2. The topological polar surface area (TPSA) is 81.5 Å². The highest BCUT2D eigenvalue weighted by atomic mass is 32.2. The first-order valence-electron chi connectivity index (χ1n) is 9.93. The number of nitrogens with zero attached hydrogens (tertiary/aromatic N) is 3. The van der Waals surface area contributed by atoms with E-state index in [-0.39, 0.29) is 22.9 Å². The number of fused-ring (bicyclic) bond motifs is 1. The summed E-state index contributed by atoms with van der Waals surface area (Å²) in [6.07, 6.45) is 7.72. The zero-order valence-electron chi connectivity index (χ0n) is 16.4. The van der Waals surface area contributed by atoms with Crippen molar-refractivity contribution in [1.82, 2.24) is 9.55 Å². The van der Waals surface area contributed by atoms with Crippen LogP contribution >= 0.6 is 0 Å². The maximum absolute atomic E-state index is 12.6. The Morgan fingerprint density at radius 3 is 2.54 bits per heavy atom. The number of carbonyl (C=O) groups is 1. The number of hydrogen-bond acceptors (Lipinski definition) is 5. The number of methoxy groups -OCH3 is 1. The van der Waals surface area contributed by atoms with Crippen LogP contribution in [0.2, 0.25) is 0 Å². The minimum absolute atomic E-state index is 0.0942. The molecule has 152 valence electrons. The molecule has 0 unspecified atom stereocenters. The van der Waals surface area contributed by atoms with E-state index < -0.39 is 9.84 Å². The first-order chi connectivity index (χ1) is 13.4. The number of amides is 1. The molecule has 1 aromatic carbocycles. The zero-order chi connectivity index (χ0) is 19.9. The number of aromatic nitrogens is 2. The second-order valence-electron chi connectivity index (χ2n) is 7.87. The molecule has 0 spiro atoms. The Labute approximate surface area is 165 Å². The predicted octanol–water partition coefficient (Wildman–Crippen LogP) is 3.09. The molecule has 1 aliphatic carbocycles. The fourth-order valence-corrected chi connectivity index (χ4v) is 5.04. The molecular formula is C20H27N3O4S. The Kier molecular flexibility index (Phi) is 5.18. The van der Waals surface area contributed by atoms with Gasteiger partial charge >= 0.3 is 0 Å². The van der Waals surface area contributed by atoms with Crippen molar-refractivity contribution in [3.63, 3.8) is 0 Å². The largest absolute Gasteiger partial charge is 0.381 e. The summed E-state index contributed by atoms with van der Waals surface area (Å²) >= 11 is 0. The number of anilines is 1. The fourth-order valence-electron chi connectivity index (χ4n) is 4.40. The van der Waals surface area contributed by atoms with Crippen molar-refractivity contribution in [1.29, 1.82) is 0 Å². The van der Waals surface area contributed by atoms with Crippen LogP contribution in [-0.2, 0) is 19.4 Å². The van der Waals surface area contributed by atoms with Crippen molar-refractivity contribution in [3.8, 4) is 0 Å². The minimum Gasteiger partial charge on any atom is -0.381 e. The van der Waals surface area contributed by atoms with Crippen LogP contribution in [0.4, 0.5) is 5.95 Å². The standard InChI is InChI=1S/C20H27N3O4S/c1-27-15-8-6-14(7-9-15)23-18-11-10-16(28(2,25)26)13-17(18)21-20(23)22-12-4-3-5-19(22)24/h10-11,13-15H,3-9,12H2,1-2H3. The number of imidazole rings is 1. The Balaban J connectivity index is 1.82. The molecule has 1 saturated carbocycles. The molecule has 0 radical (unpaired) electrons. The van der Waals surface area contributed by atoms with E-state index in [4.69, 9.17) is 9.72 Å². The van der Waals surface area contributed by atoms with Gasteiger partial charge in [0.2, 0.25) is 11.9 Å². The van der Waals surface area contributed by atoms with Gasteiger partial charge in [0.25, 0.3) is 0 Å². The third kappa shape index (κ3) is 3.55. The van der Waals surface area contributed by atoms with Gasteiger partial charge in [-0.2, -0.15) is 0 Å². The van der Waals surface area contributed by atoms with Crippen LogP contribution in [0.5, 0.6) is 0 Å². The molecule has 0 atom stereocenters. The van der Waals surface area contributed by atoms with E-state index in [1.165, 1.54) is 6.26 Å². The Morgan fingerprint density at radius 1 is 1.14 bits per heavy atom. The van der Waals surface area contributed by atoms with E-state index in [0.717, 1.165) is 44.0 Å². The molecule has 0 N–H and O–H groups in total. The van der Waals surface area contributed by atoms with E-state index in [0.29, 0.717) is 24.4 Å². The second-order valence-corrected chi connectivity index (χ2v) is 9.89. The van der Waals surface area contributed by atoms with Gasteiger partial charge in [-0.05, 0) is 56.7 Å². The lowest BCUT2D eigenvalue weighted by Gasteiger charge is -2.33. The van der Waals surface area contributed by atoms with Gasteiger partial charge in [-0.1, -0.05) is 0 Å². The smallest absolute Gasteiger partial charge is 0.229 e. The summed E-state index contributed by atoms with van der Waals surface area (Å²) in [5.41, 5.74) is 1.52. The summed E-state index contributed by atoms with van der Waals surface area (Å²) in [4.78, 5) is 19.4.